The van der Waals surface area contributed by atoms with E-state index in [1.807, 2.05) is 47.9 Å². The van der Waals surface area contributed by atoms with Gasteiger partial charge in [0.05, 0.1) is 17.1 Å². The molecule has 1 saturated heterocycles. The van der Waals surface area contributed by atoms with Crippen molar-refractivity contribution in [2.45, 2.75) is 18.2 Å². The zero-order valence-electron chi connectivity index (χ0n) is 13.8. The standard InChI is InChI=1S/C17H15N5O2S2/c1-9-7-19-17-22(9)21-14(16-18-4-5-25-16)15(26-17)10-2-3-12-11(6-10)20-13(23)8-24-12/h2-7,14-15,21H,8H2,1H3,(H,20,23)/q+1. The molecule has 1 fully saturated rings. The highest BCUT2D eigenvalue weighted by molar-refractivity contribution is 8.14. The van der Waals surface area contributed by atoms with Crippen molar-refractivity contribution in [1.29, 1.82) is 0 Å². The molecule has 0 bridgehead atoms. The van der Waals surface area contributed by atoms with Crippen LogP contribution < -0.4 is 20.5 Å². The number of carbonyl (C=O) groups is 1. The van der Waals surface area contributed by atoms with Gasteiger partial charge in [0.15, 0.2) is 6.61 Å². The lowest BCUT2D eigenvalue weighted by atomic mass is 10.0. The van der Waals surface area contributed by atoms with Gasteiger partial charge in [-0.2, -0.15) is 4.99 Å². The highest BCUT2D eigenvalue weighted by Gasteiger charge is 2.47. The molecule has 1 amide bonds. The Morgan fingerprint density at radius 3 is 3.15 bits per heavy atom. The Labute approximate surface area is 158 Å². The van der Waals surface area contributed by atoms with Crippen molar-refractivity contribution < 1.29 is 9.53 Å². The van der Waals surface area contributed by atoms with Gasteiger partial charge in [-0.1, -0.05) is 11.5 Å². The minimum absolute atomic E-state index is 0.00124. The number of amidine groups is 1. The first-order valence-electron chi connectivity index (χ1n) is 8.12. The Balaban J connectivity index is 1.53. The van der Waals surface area contributed by atoms with Crippen molar-refractivity contribution in [3.8, 4) is 5.75 Å². The van der Waals surface area contributed by atoms with Crippen LogP contribution in [0.2, 0.25) is 0 Å². The summed E-state index contributed by atoms with van der Waals surface area (Å²) in [5, 5.41) is 8.87. The third kappa shape index (κ3) is 2.64. The molecule has 1 aromatic heterocycles. The summed E-state index contributed by atoms with van der Waals surface area (Å²) in [6, 6.07) is 5.94. The van der Waals surface area contributed by atoms with Crippen LogP contribution in [0, 0.1) is 0 Å². The van der Waals surface area contributed by atoms with E-state index in [1.165, 1.54) is 0 Å². The minimum atomic E-state index is -0.133. The predicted octanol–water partition coefficient (Wildman–Crippen LogP) is 2.88. The van der Waals surface area contributed by atoms with E-state index in [1.54, 1.807) is 23.1 Å². The van der Waals surface area contributed by atoms with Gasteiger partial charge in [-0.25, -0.2) is 4.98 Å². The van der Waals surface area contributed by atoms with Crippen LogP contribution in [0.4, 0.5) is 5.69 Å². The van der Waals surface area contributed by atoms with E-state index in [0.717, 1.165) is 21.4 Å². The maximum atomic E-state index is 11.7. The molecule has 0 aliphatic carbocycles. The number of aliphatic imine (C=N–C) groups is 1. The number of allylic oxidation sites excluding steroid dienone is 1. The molecule has 2 unspecified atom stereocenters. The number of carbonyl (C=O) groups excluding carboxylic acids is 1. The number of thioether (sulfide) groups is 1. The molecule has 131 valence electrons. The van der Waals surface area contributed by atoms with Crippen molar-refractivity contribution in [2.24, 2.45) is 4.99 Å². The maximum absolute atomic E-state index is 11.7. The molecule has 0 saturated carbocycles. The smallest absolute Gasteiger partial charge is 0.341 e. The molecule has 26 heavy (non-hydrogen) atoms. The van der Waals surface area contributed by atoms with Gasteiger partial charge in [-0.3, -0.25) is 4.79 Å². The Morgan fingerprint density at radius 2 is 2.31 bits per heavy atom. The molecular formula is C17H15N5O2S2+. The highest BCUT2D eigenvalue weighted by Crippen LogP contribution is 2.47. The zero-order valence-corrected chi connectivity index (χ0v) is 15.4. The number of anilines is 1. The first-order chi connectivity index (χ1) is 12.7. The van der Waals surface area contributed by atoms with E-state index in [2.05, 4.69) is 20.7 Å². The summed E-state index contributed by atoms with van der Waals surface area (Å²) in [4.78, 5) is 20.7. The minimum Gasteiger partial charge on any atom is -0.482 e. The number of hydrazine groups is 1. The molecule has 3 aliphatic heterocycles. The fourth-order valence-electron chi connectivity index (χ4n) is 3.15. The van der Waals surface area contributed by atoms with E-state index in [0.29, 0.717) is 11.4 Å². The average molecular weight is 385 g/mol. The maximum Gasteiger partial charge on any atom is 0.341 e. The number of hydrogen-bond acceptors (Lipinski definition) is 8. The van der Waals surface area contributed by atoms with Crippen LogP contribution in [0.15, 0.2) is 46.7 Å². The Bertz CT molecular complexity index is 941. The summed E-state index contributed by atoms with van der Waals surface area (Å²) >= 11 is 3.32. The van der Waals surface area contributed by atoms with E-state index >= 15 is 0 Å². The first kappa shape index (κ1) is 16.0. The summed E-state index contributed by atoms with van der Waals surface area (Å²) in [6.45, 7) is 2.08. The van der Waals surface area contributed by atoms with Gasteiger partial charge in [-0.05, 0) is 29.5 Å². The molecule has 2 aromatic rings. The molecular weight excluding hydrogens is 370 g/mol. The van der Waals surface area contributed by atoms with Gasteiger partial charge >= 0.3 is 5.17 Å². The third-order valence-electron chi connectivity index (χ3n) is 4.39. The van der Waals surface area contributed by atoms with Crippen molar-refractivity contribution in [3.63, 3.8) is 0 Å². The van der Waals surface area contributed by atoms with Gasteiger partial charge in [0.25, 0.3) is 5.91 Å². The van der Waals surface area contributed by atoms with Gasteiger partial charge in [-0.15, -0.1) is 11.3 Å². The Morgan fingerprint density at radius 1 is 1.38 bits per heavy atom. The molecule has 9 heteroatoms. The van der Waals surface area contributed by atoms with E-state index in [4.69, 9.17) is 4.74 Å². The number of rotatable bonds is 2. The summed E-state index contributed by atoms with van der Waals surface area (Å²) < 4.78 is 5.48. The van der Waals surface area contributed by atoms with Crippen molar-refractivity contribution in [3.05, 3.63) is 52.2 Å². The largest absolute Gasteiger partial charge is 0.482 e. The number of fused-ring (bicyclic) bond motifs is 2. The van der Waals surface area contributed by atoms with Crippen LogP contribution in [-0.4, -0.2) is 22.7 Å². The molecule has 3 aliphatic rings. The Hall–Kier alpha value is -2.20. The molecule has 2 atom stereocenters. The number of nitrogens with one attached hydrogen (secondary N) is 2. The lowest BCUT2D eigenvalue weighted by Crippen LogP contribution is -2.51. The second-order valence-electron chi connectivity index (χ2n) is 6.13. The number of benzene rings is 1. The summed E-state index contributed by atoms with van der Waals surface area (Å²) in [7, 11) is 0. The fraction of sp³-hybridized carbons (Fsp3) is 0.235. The third-order valence-corrected chi connectivity index (χ3v) is 6.55. The number of amides is 1. The molecule has 1 aromatic carbocycles. The number of thiazole rings is 1. The summed E-state index contributed by atoms with van der Waals surface area (Å²) in [6.07, 6.45) is 3.68. The normalized spacial score (nSPS) is 24.9. The monoisotopic (exact) mass is 385 g/mol. The average Bonchev–Trinajstić information content (AvgIpc) is 3.30. The van der Waals surface area contributed by atoms with Gasteiger partial charge < -0.3 is 10.1 Å². The van der Waals surface area contributed by atoms with Crippen molar-refractivity contribution >= 4 is 39.9 Å². The highest BCUT2D eigenvalue weighted by atomic mass is 32.2. The topological polar surface area (TPSA) is 81.5 Å². The van der Waals surface area contributed by atoms with Crippen LogP contribution in [0.3, 0.4) is 0 Å². The number of aromatic nitrogens is 1. The van der Waals surface area contributed by atoms with Crippen molar-refractivity contribution in [1.82, 2.24) is 15.4 Å². The molecule has 2 N–H and O–H groups in total. The van der Waals surface area contributed by atoms with E-state index < -0.39 is 0 Å². The SMILES string of the molecule is CC1=CN=C2SC(c3ccc4c(c3)NC(=O)CO4)C(c3nccs3)N[N+]12. The fourth-order valence-corrected chi connectivity index (χ4v) is 5.21. The predicted molar refractivity (Wildman–Crippen MR) is 102 cm³/mol. The molecule has 0 spiro atoms. The van der Waals surface area contributed by atoms with Gasteiger partial charge in [0.1, 0.15) is 16.8 Å². The molecule has 1 radical (unpaired) electrons. The summed E-state index contributed by atoms with van der Waals surface area (Å²) in [5.74, 6) is 0.567. The van der Waals surface area contributed by atoms with E-state index in [-0.39, 0.29) is 23.8 Å². The quantitative estimate of drug-likeness (QED) is 0.777. The van der Waals surface area contributed by atoms with Gasteiger partial charge in [0.2, 0.25) is 5.70 Å². The molecule has 4 heterocycles. The number of hydrogen-bond donors (Lipinski definition) is 2. The number of ether oxygens (including phenoxy) is 1. The second kappa shape index (κ2) is 6.20. The zero-order chi connectivity index (χ0) is 17.7. The lowest BCUT2D eigenvalue weighted by Gasteiger charge is -2.30. The summed E-state index contributed by atoms with van der Waals surface area (Å²) in [5.41, 5.74) is 6.40. The van der Waals surface area contributed by atoms with Crippen LogP contribution >= 0.6 is 23.1 Å². The molecule has 7 nitrogen and oxygen atoms in total. The van der Waals surface area contributed by atoms with E-state index in [9.17, 15) is 4.79 Å². The van der Waals surface area contributed by atoms with Crippen LogP contribution in [0.25, 0.3) is 0 Å². The van der Waals surface area contributed by atoms with Gasteiger partial charge in [0, 0.05) is 23.5 Å². The first-order valence-corrected chi connectivity index (χ1v) is 9.88. The molecule has 5 rings (SSSR count). The van der Waals surface area contributed by atoms with Crippen LogP contribution in [0.1, 0.15) is 28.8 Å². The Kier molecular flexibility index (Phi) is 3.82. The van der Waals surface area contributed by atoms with Crippen molar-refractivity contribution in [2.75, 3.05) is 11.9 Å². The lowest BCUT2D eigenvalue weighted by molar-refractivity contribution is -0.118. The number of nitrogens with zero attached hydrogens (tertiary/aromatic N) is 3. The van der Waals surface area contributed by atoms with Crippen LogP contribution in [0.5, 0.6) is 5.75 Å². The van der Waals surface area contributed by atoms with Crippen LogP contribution in [-0.2, 0) is 4.79 Å². The second-order valence-corrected chi connectivity index (χ2v) is 8.16.